The molecule has 6 nitrogen and oxygen atoms in total. The summed E-state index contributed by atoms with van der Waals surface area (Å²) in [5.41, 5.74) is 5.73. The molecule has 0 saturated carbocycles. The fraction of sp³-hybridized carbons (Fsp3) is 0.259. The number of rotatable bonds is 5. The van der Waals surface area contributed by atoms with Gasteiger partial charge in [0.1, 0.15) is 5.82 Å². The second-order valence-corrected chi connectivity index (χ2v) is 10.6. The number of ether oxygens (including phenoxy) is 1. The van der Waals surface area contributed by atoms with Gasteiger partial charge in [0.25, 0.3) is 11.1 Å². The maximum Gasteiger partial charge on any atom is 0.293 e. The zero-order chi connectivity index (χ0) is 25.4. The van der Waals surface area contributed by atoms with Gasteiger partial charge in [-0.05, 0) is 95.1 Å². The summed E-state index contributed by atoms with van der Waals surface area (Å²) < 4.78 is 21.8. The van der Waals surface area contributed by atoms with Gasteiger partial charge in [-0.1, -0.05) is 12.1 Å². The molecule has 2 aliphatic rings. The Balaban J connectivity index is 1.39. The van der Waals surface area contributed by atoms with Crippen molar-refractivity contribution in [3.05, 3.63) is 86.2 Å². The predicted molar refractivity (Wildman–Crippen MR) is 144 cm³/mol. The molecule has 2 saturated heterocycles. The molecule has 0 bridgehead atoms. The van der Waals surface area contributed by atoms with Crippen molar-refractivity contribution in [2.45, 2.75) is 20.4 Å². The van der Waals surface area contributed by atoms with Crippen molar-refractivity contribution in [2.24, 2.45) is 0 Å². The first-order valence-electron chi connectivity index (χ1n) is 11.6. The standard InChI is InChI=1S/C27H25BrFN3O3S/c1-17-13-20(14-25-26(33)31(27(34)36-25)16-19-3-5-21(29)6-4-19)18(2)32(17)22-7-8-24(23(28)15-22)30-9-11-35-12-10-30/h3-8,13-15H,9-12,16H2,1-2H3/b25-14-. The smallest absolute Gasteiger partial charge is 0.293 e. The second-order valence-electron chi connectivity index (χ2n) is 8.79. The number of carbonyl (C=O) groups is 2. The number of carbonyl (C=O) groups excluding carboxylic acids is 2. The SMILES string of the molecule is Cc1cc(/C=C2\SC(=O)N(Cc3ccc(F)cc3)C2=O)c(C)n1-c1ccc(N2CCOCC2)c(Br)c1. The van der Waals surface area contributed by atoms with Gasteiger partial charge in [-0.25, -0.2) is 4.39 Å². The van der Waals surface area contributed by atoms with Gasteiger partial charge in [0.05, 0.1) is 30.4 Å². The Morgan fingerprint density at radius 2 is 1.78 bits per heavy atom. The van der Waals surface area contributed by atoms with Crippen LogP contribution < -0.4 is 4.90 Å². The number of halogens is 2. The molecule has 5 rings (SSSR count). The number of nitrogens with zero attached hydrogens (tertiary/aromatic N) is 3. The highest BCUT2D eigenvalue weighted by molar-refractivity contribution is 9.10. The first-order valence-corrected chi connectivity index (χ1v) is 13.2. The molecule has 2 amide bonds. The number of thioether (sulfide) groups is 1. The van der Waals surface area contributed by atoms with Crippen molar-refractivity contribution >= 4 is 50.6 Å². The number of amides is 2. The first kappa shape index (κ1) is 24.8. The molecule has 2 aromatic carbocycles. The number of benzene rings is 2. The third-order valence-corrected chi connectivity index (χ3v) is 7.97. The summed E-state index contributed by atoms with van der Waals surface area (Å²) >= 11 is 4.67. The molecule has 1 aromatic heterocycles. The number of anilines is 1. The van der Waals surface area contributed by atoms with E-state index in [1.165, 1.54) is 17.0 Å². The van der Waals surface area contributed by atoms with Crippen molar-refractivity contribution in [1.29, 1.82) is 0 Å². The minimum atomic E-state index is -0.356. The van der Waals surface area contributed by atoms with Crippen molar-refractivity contribution in [2.75, 3.05) is 31.2 Å². The Bertz CT molecular complexity index is 1360. The Morgan fingerprint density at radius 1 is 1.06 bits per heavy atom. The Morgan fingerprint density at radius 3 is 2.47 bits per heavy atom. The van der Waals surface area contributed by atoms with Crippen LogP contribution in [0.2, 0.25) is 0 Å². The normalized spacial score (nSPS) is 17.5. The van der Waals surface area contributed by atoms with E-state index in [9.17, 15) is 14.0 Å². The van der Waals surface area contributed by atoms with E-state index in [0.29, 0.717) is 10.5 Å². The zero-order valence-electron chi connectivity index (χ0n) is 20.0. The monoisotopic (exact) mass is 569 g/mol. The molecule has 9 heteroatoms. The maximum absolute atomic E-state index is 13.2. The summed E-state index contributed by atoms with van der Waals surface area (Å²) in [4.78, 5) is 29.5. The number of hydrogen-bond acceptors (Lipinski definition) is 5. The molecule has 2 fully saturated rings. The third-order valence-electron chi connectivity index (χ3n) is 6.43. The quantitative estimate of drug-likeness (QED) is 0.349. The minimum absolute atomic E-state index is 0.116. The number of aromatic nitrogens is 1. The van der Waals surface area contributed by atoms with Crippen LogP contribution >= 0.6 is 27.7 Å². The zero-order valence-corrected chi connectivity index (χ0v) is 22.4. The summed E-state index contributed by atoms with van der Waals surface area (Å²) in [6.45, 7) is 7.31. The summed E-state index contributed by atoms with van der Waals surface area (Å²) in [5, 5.41) is -0.327. The molecular formula is C27H25BrFN3O3S. The van der Waals surface area contributed by atoms with Crippen molar-refractivity contribution < 1.29 is 18.7 Å². The fourth-order valence-corrected chi connectivity index (χ4v) is 6.02. The lowest BCUT2D eigenvalue weighted by atomic mass is 10.2. The Labute approximate surface area is 221 Å². The fourth-order valence-electron chi connectivity index (χ4n) is 4.58. The molecule has 186 valence electrons. The van der Waals surface area contributed by atoms with Crippen LogP contribution in [0.15, 0.2) is 57.9 Å². The van der Waals surface area contributed by atoms with Crippen molar-refractivity contribution in [1.82, 2.24) is 9.47 Å². The highest BCUT2D eigenvalue weighted by atomic mass is 79.9. The van der Waals surface area contributed by atoms with E-state index in [-0.39, 0.29) is 23.5 Å². The van der Waals surface area contributed by atoms with Crippen LogP contribution in [0.5, 0.6) is 0 Å². The van der Waals surface area contributed by atoms with Gasteiger partial charge in [-0.2, -0.15) is 0 Å². The molecule has 0 spiro atoms. The average molecular weight is 570 g/mol. The molecule has 2 aliphatic heterocycles. The summed E-state index contributed by atoms with van der Waals surface area (Å²) in [6, 6.07) is 14.1. The van der Waals surface area contributed by atoms with E-state index in [0.717, 1.165) is 70.9 Å². The molecule has 0 radical (unpaired) electrons. The summed E-state index contributed by atoms with van der Waals surface area (Å²) in [7, 11) is 0. The highest BCUT2D eigenvalue weighted by Gasteiger charge is 2.35. The van der Waals surface area contributed by atoms with Crippen LogP contribution in [0, 0.1) is 19.7 Å². The molecule has 3 heterocycles. The maximum atomic E-state index is 13.2. The van der Waals surface area contributed by atoms with E-state index in [2.05, 4.69) is 43.6 Å². The number of hydrogen-bond donors (Lipinski definition) is 0. The summed E-state index contributed by atoms with van der Waals surface area (Å²) in [6.07, 6.45) is 1.78. The Kier molecular flexibility index (Phi) is 7.05. The second kappa shape index (κ2) is 10.2. The van der Waals surface area contributed by atoms with Crippen LogP contribution in [0.3, 0.4) is 0 Å². The van der Waals surface area contributed by atoms with Gasteiger partial charge in [-0.15, -0.1) is 0 Å². The molecule has 0 aliphatic carbocycles. The van der Waals surface area contributed by atoms with Crippen LogP contribution in [0.1, 0.15) is 22.5 Å². The van der Waals surface area contributed by atoms with Gasteiger partial charge in [-0.3, -0.25) is 14.5 Å². The molecule has 0 N–H and O–H groups in total. The molecule has 0 unspecified atom stereocenters. The largest absolute Gasteiger partial charge is 0.378 e. The minimum Gasteiger partial charge on any atom is -0.378 e. The topological polar surface area (TPSA) is 54.8 Å². The van der Waals surface area contributed by atoms with Gasteiger partial charge in [0.15, 0.2) is 0 Å². The lowest BCUT2D eigenvalue weighted by Crippen LogP contribution is -2.36. The molecule has 36 heavy (non-hydrogen) atoms. The van der Waals surface area contributed by atoms with E-state index < -0.39 is 0 Å². The van der Waals surface area contributed by atoms with Crippen LogP contribution in [0.4, 0.5) is 14.9 Å². The van der Waals surface area contributed by atoms with Crippen molar-refractivity contribution in [3.8, 4) is 5.69 Å². The van der Waals surface area contributed by atoms with E-state index in [4.69, 9.17) is 4.74 Å². The Hall–Kier alpha value is -2.88. The van der Waals surface area contributed by atoms with Crippen LogP contribution in [-0.4, -0.2) is 46.9 Å². The lowest BCUT2D eigenvalue weighted by Gasteiger charge is -2.30. The van der Waals surface area contributed by atoms with Gasteiger partial charge in [0, 0.05) is 34.6 Å². The lowest BCUT2D eigenvalue weighted by molar-refractivity contribution is -0.123. The van der Waals surface area contributed by atoms with Gasteiger partial charge >= 0.3 is 0 Å². The molecule has 3 aromatic rings. The van der Waals surface area contributed by atoms with Crippen molar-refractivity contribution in [3.63, 3.8) is 0 Å². The van der Waals surface area contributed by atoms with E-state index in [1.807, 2.05) is 19.9 Å². The first-order chi connectivity index (χ1) is 17.3. The number of aryl methyl sites for hydroxylation is 1. The average Bonchev–Trinajstić information content (AvgIpc) is 3.29. The van der Waals surface area contributed by atoms with E-state index in [1.54, 1.807) is 18.2 Å². The number of morpholine rings is 1. The number of imide groups is 1. The predicted octanol–water partition coefficient (Wildman–Crippen LogP) is 6.07. The van der Waals surface area contributed by atoms with Crippen LogP contribution in [-0.2, 0) is 16.1 Å². The van der Waals surface area contributed by atoms with Gasteiger partial charge < -0.3 is 14.2 Å². The van der Waals surface area contributed by atoms with Gasteiger partial charge in [0.2, 0.25) is 0 Å². The van der Waals surface area contributed by atoms with E-state index >= 15 is 0 Å². The third kappa shape index (κ3) is 4.87. The summed E-state index contributed by atoms with van der Waals surface area (Å²) in [5.74, 6) is -0.692. The van der Waals surface area contributed by atoms with Crippen LogP contribution in [0.25, 0.3) is 11.8 Å². The molecule has 0 atom stereocenters. The highest BCUT2D eigenvalue weighted by Crippen LogP contribution is 2.35. The molecular weight excluding hydrogens is 545 g/mol.